The first kappa shape index (κ1) is 48.5. The molecule has 0 fully saturated rings. The second kappa shape index (κ2) is 24.4. The van der Waals surface area contributed by atoms with Crippen LogP contribution < -0.4 is 27.0 Å². The molecular formula is C49H57N7O9. The number of likely N-dealkylation sites (N-methyl/N-ethyl adjacent to an activating group) is 1. The van der Waals surface area contributed by atoms with Crippen LogP contribution in [0.5, 0.6) is 0 Å². The maximum absolute atomic E-state index is 14.7. The summed E-state index contributed by atoms with van der Waals surface area (Å²) in [6, 6.07) is 27.9. The van der Waals surface area contributed by atoms with Gasteiger partial charge in [0, 0.05) is 37.0 Å². The zero-order valence-corrected chi connectivity index (χ0v) is 36.8. The van der Waals surface area contributed by atoms with E-state index in [2.05, 4.69) is 26.3 Å². The van der Waals surface area contributed by atoms with Gasteiger partial charge in [0.2, 0.25) is 29.5 Å². The van der Waals surface area contributed by atoms with E-state index < -0.39 is 78.2 Å². The van der Waals surface area contributed by atoms with Crippen molar-refractivity contribution in [2.45, 2.75) is 95.8 Å². The lowest BCUT2D eigenvalue weighted by atomic mass is 10.0. The van der Waals surface area contributed by atoms with Crippen molar-refractivity contribution < 1.29 is 43.0 Å². The van der Waals surface area contributed by atoms with Gasteiger partial charge in [0.1, 0.15) is 43.4 Å². The molecule has 0 spiro atoms. The van der Waals surface area contributed by atoms with Gasteiger partial charge in [-0.05, 0) is 41.7 Å². The molecule has 0 aliphatic carbocycles. The van der Waals surface area contributed by atoms with Crippen LogP contribution in [0.25, 0.3) is 10.9 Å². The minimum Gasteiger partial charge on any atom is -0.461 e. The molecule has 5 atom stereocenters. The predicted molar refractivity (Wildman–Crippen MR) is 243 cm³/mol. The van der Waals surface area contributed by atoms with E-state index in [1.165, 1.54) is 18.9 Å². The molecular weight excluding hydrogens is 831 g/mol. The number of amides is 6. The SMILES string of the molecule is CCCC[C@@H](C(=O)N[C@@H](CC(=O)OCc1ccccc1)C(=O)N[C@@H](Cc1ccccc1)C(N)=O)N(C)C(=O)[C@H](Cc1c[nH]c2ccccc12)NC(=O)[C@H](C)NC(=O)OCc1ccccc1. The van der Waals surface area contributed by atoms with E-state index >= 15 is 0 Å². The van der Waals surface area contributed by atoms with Gasteiger partial charge in [0.15, 0.2) is 0 Å². The summed E-state index contributed by atoms with van der Waals surface area (Å²) in [4.78, 5) is 99.7. The third kappa shape index (κ3) is 14.8. The van der Waals surface area contributed by atoms with Crippen molar-refractivity contribution in [3.05, 3.63) is 144 Å². The van der Waals surface area contributed by atoms with E-state index in [-0.39, 0.29) is 32.5 Å². The molecule has 342 valence electrons. The summed E-state index contributed by atoms with van der Waals surface area (Å²) in [5.74, 6) is -4.60. The number of carbonyl (C=O) groups excluding carboxylic acids is 7. The predicted octanol–water partition coefficient (Wildman–Crippen LogP) is 4.36. The number of nitrogens with one attached hydrogen (secondary N) is 5. The van der Waals surface area contributed by atoms with Crippen LogP contribution >= 0.6 is 0 Å². The molecule has 6 amide bonds. The molecule has 0 saturated heterocycles. The van der Waals surface area contributed by atoms with Crippen LogP contribution in [-0.4, -0.2) is 88.7 Å². The van der Waals surface area contributed by atoms with Gasteiger partial charge >= 0.3 is 12.1 Å². The quantitative estimate of drug-likeness (QED) is 0.0511. The highest BCUT2D eigenvalue weighted by Gasteiger charge is 2.36. The Morgan fingerprint density at radius 3 is 1.82 bits per heavy atom. The number of hydrogen-bond donors (Lipinski definition) is 6. The third-order valence-electron chi connectivity index (χ3n) is 10.8. The van der Waals surface area contributed by atoms with E-state index in [9.17, 15) is 33.6 Å². The summed E-state index contributed by atoms with van der Waals surface area (Å²) in [6.45, 7) is 3.24. The zero-order chi connectivity index (χ0) is 46.7. The van der Waals surface area contributed by atoms with Crippen LogP contribution in [-0.2, 0) is 64.3 Å². The Labute approximate surface area is 378 Å². The minimum atomic E-state index is -1.55. The molecule has 5 rings (SSSR count). The Morgan fingerprint density at radius 2 is 1.20 bits per heavy atom. The van der Waals surface area contributed by atoms with Gasteiger partial charge in [-0.3, -0.25) is 28.8 Å². The lowest BCUT2D eigenvalue weighted by Gasteiger charge is -2.32. The first-order valence-corrected chi connectivity index (χ1v) is 21.6. The number of hydrogen-bond acceptors (Lipinski definition) is 9. The van der Waals surface area contributed by atoms with Crippen molar-refractivity contribution in [1.82, 2.24) is 31.2 Å². The number of para-hydroxylation sites is 1. The summed E-state index contributed by atoms with van der Waals surface area (Å²) in [7, 11) is 1.42. The fourth-order valence-electron chi connectivity index (χ4n) is 7.11. The Bertz CT molecular complexity index is 2380. The standard InChI is InChI=1S/C49H57N7O9/c1-4-5-25-42(47(61)54-40(28-43(57)64-30-34-19-11-7-12-20-34)46(60)53-39(44(50)58)26-33-17-9-6-10-18-33)56(3)48(62)41(27-36-29-51-38-24-16-15-23-37(36)38)55-45(59)32(2)52-49(63)65-31-35-21-13-8-14-22-35/h6-24,29,32,39-42,51H,4-5,25-28,30-31H2,1-3H3,(H2,50,58)(H,52,63)(H,53,60)(H,54,61)(H,55,59)/t32-,39-,40-,41-,42-/m0/s1. The van der Waals surface area contributed by atoms with Crippen LogP contribution in [0.2, 0.25) is 0 Å². The van der Waals surface area contributed by atoms with Crippen LogP contribution in [0.1, 0.15) is 61.8 Å². The molecule has 0 unspecified atom stereocenters. The average Bonchev–Trinajstić information content (AvgIpc) is 3.72. The highest BCUT2D eigenvalue weighted by molar-refractivity contribution is 5.97. The van der Waals surface area contributed by atoms with Crippen molar-refractivity contribution in [2.75, 3.05) is 7.05 Å². The van der Waals surface area contributed by atoms with Gasteiger partial charge in [-0.2, -0.15) is 0 Å². The Kier molecular flexibility index (Phi) is 18.2. The normalized spacial score (nSPS) is 13.2. The first-order valence-electron chi connectivity index (χ1n) is 21.6. The molecule has 0 radical (unpaired) electrons. The molecule has 0 aliphatic rings. The van der Waals surface area contributed by atoms with Crippen LogP contribution in [0, 0.1) is 0 Å². The van der Waals surface area contributed by atoms with E-state index in [0.29, 0.717) is 29.5 Å². The van der Waals surface area contributed by atoms with E-state index in [0.717, 1.165) is 16.5 Å². The Balaban J connectivity index is 1.36. The second-order valence-corrected chi connectivity index (χ2v) is 15.7. The lowest BCUT2D eigenvalue weighted by Crippen LogP contribution is -2.59. The molecule has 4 aromatic carbocycles. The lowest BCUT2D eigenvalue weighted by molar-refractivity contribution is -0.148. The summed E-state index contributed by atoms with van der Waals surface area (Å²) in [5.41, 5.74) is 9.38. The fraction of sp³-hybridized carbons (Fsp3) is 0.327. The summed E-state index contributed by atoms with van der Waals surface area (Å²) in [5, 5.41) is 11.4. The molecule has 0 bridgehead atoms. The number of aromatic nitrogens is 1. The average molecular weight is 888 g/mol. The monoisotopic (exact) mass is 887 g/mol. The number of esters is 1. The highest BCUT2D eigenvalue weighted by Crippen LogP contribution is 2.21. The Morgan fingerprint density at radius 1 is 0.646 bits per heavy atom. The van der Waals surface area contributed by atoms with Crippen LogP contribution in [0.4, 0.5) is 4.79 Å². The second-order valence-electron chi connectivity index (χ2n) is 15.7. The van der Waals surface area contributed by atoms with Gasteiger partial charge in [-0.15, -0.1) is 0 Å². The number of rotatable bonds is 23. The number of ether oxygens (including phenoxy) is 2. The molecule has 0 saturated carbocycles. The molecule has 16 nitrogen and oxygen atoms in total. The fourth-order valence-corrected chi connectivity index (χ4v) is 7.11. The van der Waals surface area contributed by atoms with Crippen molar-refractivity contribution in [1.29, 1.82) is 0 Å². The minimum absolute atomic E-state index is 0.000420. The number of H-pyrrole nitrogens is 1. The number of fused-ring (bicyclic) bond motifs is 1. The van der Waals surface area contributed by atoms with Crippen molar-refractivity contribution >= 4 is 52.5 Å². The smallest absolute Gasteiger partial charge is 0.408 e. The molecule has 5 aromatic rings. The van der Waals surface area contributed by atoms with Gasteiger partial charge < -0.3 is 46.4 Å². The van der Waals surface area contributed by atoms with Crippen LogP contribution in [0.3, 0.4) is 0 Å². The number of carbonyl (C=O) groups is 7. The number of primary amides is 1. The number of benzene rings is 4. The molecule has 7 N–H and O–H groups in total. The number of alkyl carbamates (subject to hydrolysis) is 1. The largest absolute Gasteiger partial charge is 0.461 e. The molecule has 1 aromatic heterocycles. The van der Waals surface area contributed by atoms with Gasteiger partial charge in [-0.1, -0.05) is 129 Å². The summed E-state index contributed by atoms with van der Waals surface area (Å²) in [6.07, 6.45) is 1.60. The Hall–Kier alpha value is -7.49. The van der Waals surface area contributed by atoms with E-state index in [1.54, 1.807) is 85.1 Å². The van der Waals surface area contributed by atoms with Crippen molar-refractivity contribution in [2.24, 2.45) is 5.73 Å². The molecule has 0 aliphatic heterocycles. The summed E-state index contributed by atoms with van der Waals surface area (Å²) >= 11 is 0. The van der Waals surface area contributed by atoms with Gasteiger partial charge in [0.25, 0.3) is 0 Å². The van der Waals surface area contributed by atoms with Gasteiger partial charge in [0.05, 0.1) is 6.42 Å². The molecule has 16 heteroatoms. The van der Waals surface area contributed by atoms with E-state index in [4.69, 9.17) is 15.2 Å². The maximum Gasteiger partial charge on any atom is 0.408 e. The highest BCUT2D eigenvalue weighted by atomic mass is 16.5. The van der Waals surface area contributed by atoms with Crippen molar-refractivity contribution in [3.8, 4) is 0 Å². The first-order chi connectivity index (χ1) is 31.3. The number of unbranched alkanes of at least 4 members (excludes halogenated alkanes) is 1. The molecule has 65 heavy (non-hydrogen) atoms. The maximum atomic E-state index is 14.7. The summed E-state index contributed by atoms with van der Waals surface area (Å²) < 4.78 is 10.8. The third-order valence-corrected chi connectivity index (χ3v) is 10.8. The zero-order valence-electron chi connectivity index (χ0n) is 36.8. The van der Waals surface area contributed by atoms with E-state index in [1.807, 2.05) is 43.3 Å². The van der Waals surface area contributed by atoms with Gasteiger partial charge in [-0.25, -0.2) is 4.79 Å². The number of nitrogens with zero attached hydrogens (tertiary/aromatic N) is 1. The number of nitrogens with two attached hydrogens (primary N) is 1. The molecule has 1 heterocycles. The van der Waals surface area contributed by atoms with Crippen molar-refractivity contribution in [3.63, 3.8) is 0 Å². The van der Waals surface area contributed by atoms with Crippen LogP contribution in [0.15, 0.2) is 121 Å². The topological polar surface area (TPSA) is 231 Å². The number of aromatic amines is 1.